The van der Waals surface area contributed by atoms with Crippen LogP contribution in [0, 0.1) is 11.8 Å². The molecule has 0 aliphatic heterocycles. The van der Waals surface area contributed by atoms with Crippen LogP contribution in [0.15, 0.2) is 60.7 Å². The topological polar surface area (TPSA) is 89.6 Å². The Morgan fingerprint density at radius 2 is 1.83 bits per heavy atom. The molecular formula is C24H33NO4. The minimum Gasteiger partial charge on any atom is -0.458 e. The summed E-state index contributed by atoms with van der Waals surface area (Å²) in [6.07, 6.45) is 10.6. The van der Waals surface area contributed by atoms with Crippen molar-refractivity contribution < 1.29 is 19.4 Å². The van der Waals surface area contributed by atoms with E-state index in [9.17, 15) is 14.7 Å². The second-order valence-corrected chi connectivity index (χ2v) is 7.26. The summed E-state index contributed by atoms with van der Waals surface area (Å²) in [4.78, 5) is 23.1. The molecule has 0 aromatic heterocycles. The zero-order valence-corrected chi connectivity index (χ0v) is 17.5. The molecule has 0 saturated heterocycles. The molecule has 4 unspecified atom stereocenters. The quantitative estimate of drug-likeness (QED) is 0.315. The van der Waals surface area contributed by atoms with Gasteiger partial charge in [-0.3, -0.25) is 4.79 Å². The largest absolute Gasteiger partial charge is 0.458 e. The van der Waals surface area contributed by atoms with E-state index < -0.39 is 24.1 Å². The zero-order chi connectivity index (χ0) is 21.6. The number of hydrogen-bond acceptors (Lipinski definition) is 4. The number of allylic oxidation sites excluding steroid dienone is 2. The number of carbonyl (C=O) groups is 2. The van der Waals surface area contributed by atoms with Crippen molar-refractivity contribution in [3.05, 3.63) is 66.3 Å². The molecule has 0 fully saturated rings. The maximum atomic E-state index is 12.3. The second kappa shape index (κ2) is 13.5. The highest BCUT2D eigenvalue weighted by Crippen LogP contribution is 2.24. The lowest BCUT2D eigenvalue weighted by molar-refractivity contribution is -0.148. The molecule has 0 aliphatic rings. The maximum absolute atomic E-state index is 12.3. The van der Waals surface area contributed by atoms with E-state index in [1.165, 1.54) is 18.2 Å². The highest BCUT2D eigenvalue weighted by atomic mass is 16.5. The van der Waals surface area contributed by atoms with Gasteiger partial charge in [-0.25, -0.2) is 4.79 Å². The summed E-state index contributed by atoms with van der Waals surface area (Å²) in [6, 6.07) is 9.49. The average molecular weight is 400 g/mol. The van der Waals surface area contributed by atoms with Crippen molar-refractivity contribution in [3.63, 3.8) is 0 Å². The molecule has 0 aliphatic carbocycles. The first kappa shape index (κ1) is 24.4. The molecule has 0 heterocycles. The van der Waals surface area contributed by atoms with Crippen LogP contribution >= 0.6 is 0 Å². The average Bonchev–Trinajstić information content (AvgIpc) is 2.70. The summed E-state index contributed by atoms with van der Waals surface area (Å²) in [5.41, 5.74) is 5.97. The number of ether oxygens (including phenoxy) is 1. The lowest BCUT2D eigenvalue weighted by Crippen LogP contribution is -2.36. The second-order valence-electron chi connectivity index (χ2n) is 7.26. The fourth-order valence-electron chi connectivity index (χ4n) is 3.09. The number of aliphatic hydroxyl groups excluding tert-OH is 1. The third-order valence-corrected chi connectivity index (χ3v) is 4.81. The van der Waals surface area contributed by atoms with Crippen LogP contribution in [-0.4, -0.2) is 29.2 Å². The van der Waals surface area contributed by atoms with Crippen molar-refractivity contribution in [3.8, 4) is 0 Å². The monoisotopic (exact) mass is 399 g/mol. The van der Waals surface area contributed by atoms with Gasteiger partial charge in [-0.15, -0.1) is 0 Å². The van der Waals surface area contributed by atoms with E-state index in [0.717, 1.165) is 18.4 Å². The SMILES string of the molecule is CCCC(C)C(O)C(C)C(C/C=C/C=C\C(N)=O)OC(=O)C=Cc1ccccc1. The van der Waals surface area contributed by atoms with Crippen molar-refractivity contribution in [1.82, 2.24) is 0 Å². The van der Waals surface area contributed by atoms with Crippen LogP contribution in [0.25, 0.3) is 6.08 Å². The van der Waals surface area contributed by atoms with E-state index in [0.29, 0.717) is 6.42 Å². The van der Waals surface area contributed by atoms with Gasteiger partial charge in [0.25, 0.3) is 0 Å². The van der Waals surface area contributed by atoms with Gasteiger partial charge in [0.05, 0.1) is 6.10 Å². The number of aliphatic hydroxyl groups is 1. The molecule has 0 bridgehead atoms. The van der Waals surface area contributed by atoms with E-state index in [-0.39, 0.29) is 11.8 Å². The Kier molecular flexibility index (Phi) is 11.4. The van der Waals surface area contributed by atoms with E-state index in [1.54, 1.807) is 18.2 Å². The van der Waals surface area contributed by atoms with Crippen LogP contribution < -0.4 is 5.73 Å². The molecule has 1 amide bonds. The number of primary amides is 1. The Morgan fingerprint density at radius 3 is 2.45 bits per heavy atom. The molecule has 3 N–H and O–H groups in total. The standard InChI is InChI=1S/C24H33NO4/c1-4-11-18(2)24(28)19(3)21(14-9-6-10-15-22(25)26)29-23(27)17-16-20-12-7-5-8-13-20/h5-10,12-13,15-19,21,24,28H,4,11,14H2,1-3H3,(H2,25,26)/b9-6+,15-10-,17-16?. The molecule has 1 aromatic carbocycles. The van der Waals surface area contributed by atoms with E-state index in [1.807, 2.05) is 44.2 Å². The highest BCUT2D eigenvalue weighted by Gasteiger charge is 2.29. The smallest absolute Gasteiger partial charge is 0.331 e. The molecule has 0 saturated carbocycles. The molecule has 0 radical (unpaired) electrons. The van der Waals surface area contributed by atoms with E-state index >= 15 is 0 Å². The first-order valence-corrected chi connectivity index (χ1v) is 10.1. The maximum Gasteiger partial charge on any atom is 0.331 e. The van der Waals surface area contributed by atoms with Crippen molar-refractivity contribution in [2.75, 3.05) is 0 Å². The Labute approximate surface area is 174 Å². The summed E-state index contributed by atoms with van der Waals surface area (Å²) < 4.78 is 5.66. The molecule has 29 heavy (non-hydrogen) atoms. The zero-order valence-electron chi connectivity index (χ0n) is 17.5. The van der Waals surface area contributed by atoms with Gasteiger partial charge in [-0.05, 0) is 24.0 Å². The Balaban J connectivity index is 2.83. The predicted octanol–water partition coefficient (Wildman–Crippen LogP) is 4.03. The Bertz CT molecular complexity index is 709. The summed E-state index contributed by atoms with van der Waals surface area (Å²) in [5, 5.41) is 10.7. The Hall–Kier alpha value is -2.66. The van der Waals surface area contributed by atoms with Crippen molar-refractivity contribution >= 4 is 18.0 Å². The lowest BCUT2D eigenvalue weighted by atomic mass is 9.86. The van der Waals surface area contributed by atoms with Gasteiger partial charge < -0.3 is 15.6 Å². The molecular weight excluding hydrogens is 366 g/mol. The Morgan fingerprint density at radius 1 is 1.14 bits per heavy atom. The predicted molar refractivity (Wildman–Crippen MR) is 117 cm³/mol. The lowest BCUT2D eigenvalue weighted by Gasteiger charge is -2.30. The molecule has 1 aromatic rings. The molecule has 0 spiro atoms. The normalized spacial score (nSPS) is 16.1. The number of amides is 1. The van der Waals surface area contributed by atoms with E-state index in [4.69, 9.17) is 10.5 Å². The van der Waals surface area contributed by atoms with Crippen LogP contribution in [0.4, 0.5) is 0 Å². The molecule has 1 rings (SSSR count). The summed E-state index contributed by atoms with van der Waals surface area (Å²) in [7, 11) is 0. The van der Waals surface area contributed by atoms with Crippen molar-refractivity contribution in [2.45, 2.75) is 52.2 Å². The number of rotatable bonds is 12. The minimum absolute atomic E-state index is 0.106. The van der Waals surface area contributed by atoms with E-state index in [2.05, 4.69) is 6.92 Å². The highest BCUT2D eigenvalue weighted by molar-refractivity contribution is 5.87. The fraction of sp³-hybridized carbons (Fsp3) is 0.417. The fourth-order valence-corrected chi connectivity index (χ4v) is 3.09. The van der Waals surface area contributed by atoms with Gasteiger partial charge in [-0.2, -0.15) is 0 Å². The van der Waals surface area contributed by atoms with Crippen LogP contribution in [0.2, 0.25) is 0 Å². The van der Waals surface area contributed by atoms with Crippen LogP contribution in [-0.2, 0) is 14.3 Å². The number of esters is 1. The number of carbonyl (C=O) groups excluding carboxylic acids is 2. The van der Waals surface area contributed by atoms with Crippen LogP contribution in [0.5, 0.6) is 0 Å². The number of nitrogens with two attached hydrogens (primary N) is 1. The summed E-state index contributed by atoms with van der Waals surface area (Å²) >= 11 is 0. The van der Waals surface area contributed by atoms with Crippen molar-refractivity contribution in [1.29, 1.82) is 0 Å². The van der Waals surface area contributed by atoms with Gasteiger partial charge >= 0.3 is 5.97 Å². The number of hydrogen-bond donors (Lipinski definition) is 2. The van der Waals surface area contributed by atoms with Crippen molar-refractivity contribution in [2.24, 2.45) is 17.6 Å². The summed E-state index contributed by atoms with van der Waals surface area (Å²) in [5.74, 6) is -1.12. The first-order valence-electron chi connectivity index (χ1n) is 10.1. The van der Waals surface area contributed by atoms with Crippen LogP contribution in [0.1, 0.15) is 45.6 Å². The van der Waals surface area contributed by atoms with Gasteiger partial charge in [0, 0.05) is 24.5 Å². The van der Waals surface area contributed by atoms with Gasteiger partial charge in [-0.1, -0.05) is 75.8 Å². The molecule has 158 valence electrons. The molecule has 4 atom stereocenters. The third-order valence-electron chi connectivity index (χ3n) is 4.81. The molecule has 5 heteroatoms. The van der Waals surface area contributed by atoms with Gasteiger partial charge in [0.2, 0.25) is 5.91 Å². The van der Waals surface area contributed by atoms with Gasteiger partial charge in [0.1, 0.15) is 6.10 Å². The first-order chi connectivity index (χ1) is 13.8. The third kappa shape index (κ3) is 9.90. The molecule has 5 nitrogen and oxygen atoms in total. The number of benzene rings is 1. The van der Waals surface area contributed by atoms with Gasteiger partial charge in [0.15, 0.2) is 0 Å². The summed E-state index contributed by atoms with van der Waals surface area (Å²) in [6.45, 7) is 5.97. The van der Waals surface area contributed by atoms with Crippen LogP contribution in [0.3, 0.4) is 0 Å². The minimum atomic E-state index is -0.583.